The number of ether oxygens (including phenoxy) is 1. The summed E-state index contributed by atoms with van der Waals surface area (Å²) in [6, 6.07) is 6.44. The molecule has 0 radical (unpaired) electrons. The van der Waals surface area contributed by atoms with Gasteiger partial charge in [0.2, 0.25) is 0 Å². The van der Waals surface area contributed by atoms with E-state index in [1.807, 2.05) is 19.2 Å². The second-order valence-electron chi connectivity index (χ2n) is 4.45. The van der Waals surface area contributed by atoms with Crippen molar-refractivity contribution >= 4 is 11.0 Å². The van der Waals surface area contributed by atoms with E-state index in [2.05, 4.69) is 34.8 Å². The molecule has 0 aliphatic heterocycles. The number of para-hydroxylation sites is 1. The minimum Gasteiger partial charge on any atom is -0.494 e. The molecule has 1 N–H and O–H groups in total. The van der Waals surface area contributed by atoms with Gasteiger partial charge in [0, 0.05) is 13.1 Å². The Labute approximate surface area is 102 Å². The van der Waals surface area contributed by atoms with Gasteiger partial charge < -0.3 is 14.6 Å². The van der Waals surface area contributed by atoms with Crippen molar-refractivity contribution in [1.82, 2.24) is 14.9 Å². The quantitative estimate of drug-likeness (QED) is 0.878. The molecule has 4 nitrogen and oxygen atoms in total. The van der Waals surface area contributed by atoms with Crippen molar-refractivity contribution in [3.05, 3.63) is 24.0 Å². The minimum absolute atomic E-state index is 0.455. The van der Waals surface area contributed by atoms with E-state index in [4.69, 9.17) is 4.74 Å². The van der Waals surface area contributed by atoms with Crippen molar-refractivity contribution in [2.45, 2.75) is 26.4 Å². The first-order chi connectivity index (χ1) is 8.13. The van der Waals surface area contributed by atoms with Gasteiger partial charge in [-0.25, -0.2) is 4.98 Å². The van der Waals surface area contributed by atoms with Crippen LogP contribution in [0.15, 0.2) is 18.2 Å². The van der Waals surface area contributed by atoms with Crippen LogP contribution in [0.1, 0.15) is 19.7 Å². The second-order valence-corrected chi connectivity index (χ2v) is 4.45. The van der Waals surface area contributed by atoms with Gasteiger partial charge in [-0.3, -0.25) is 0 Å². The number of hydrogen-bond donors (Lipinski definition) is 1. The van der Waals surface area contributed by atoms with Crippen LogP contribution < -0.4 is 10.1 Å². The molecule has 0 saturated carbocycles. The zero-order valence-electron chi connectivity index (χ0n) is 10.8. The van der Waals surface area contributed by atoms with E-state index in [1.165, 1.54) is 0 Å². The Balaban J connectivity index is 2.41. The summed E-state index contributed by atoms with van der Waals surface area (Å²) in [6.07, 6.45) is 0. The van der Waals surface area contributed by atoms with Crippen molar-refractivity contribution < 1.29 is 4.74 Å². The smallest absolute Gasteiger partial charge is 0.146 e. The van der Waals surface area contributed by atoms with Gasteiger partial charge in [0.15, 0.2) is 0 Å². The summed E-state index contributed by atoms with van der Waals surface area (Å²) < 4.78 is 7.43. The molecule has 92 valence electrons. The zero-order chi connectivity index (χ0) is 12.4. The van der Waals surface area contributed by atoms with Crippen LogP contribution in [0.4, 0.5) is 0 Å². The maximum Gasteiger partial charge on any atom is 0.146 e. The van der Waals surface area contributed by atoms with Gasteiger partial charge in [0.1, 0.15) is 17.1 Å². The molecule has 0 spiro atoms. The number of methoxy groups -OCH3 is 1. The molecule has 0 atom stereocenters. The number of benzene rings is 1. The number of imidazole rings is 1. The van der Waals surface area contributed by atoms with Gasteiger partial charge in [0.05, 0.1) is 19.2 Å². The molecule has 0 aliphatic carbocycles. The van der Waals surface area contributed by atoms with Crippen LogP contribution in [0.3, 0.4) is 0 Å². The average molecular weight is 233 g/mol. The molecule has 2 rings (SSSR count). The number of aromatic nitrogens is 2. The molecule has 4 heteroatoms. The monoisotopic (exact) mass is 233 g/mol. The lowest BCUT2D eigenvalue weighted by atomic mass is 10.3. The van der Waals surface area contributed by atoms with Crippen molar-refractivity contribution in [2.24, 2.45) is 7.05 Å². The third-order valence-corrected chi connectivity index (χ3v) is 2.86. The fourth-order valence-electron chi connectivity index (χ4n) is 1.86. The summed E-state index contributed by atoms with van der Waals surface area (Å²) in [7, 11) is 3.71. The fraction of sp³-hybridized carbons (Fsp3) is 0.462. The summed E-state index contributed by atoms with van der Waals surface area (Å²) in [6.45, 7) is 5.03. The first-order valence-electron chi connectivity index (χ1n) is 5.85. The summed E-state index contributed by atoms with van der Waals surface area (Å²) in [5, 5.41) is 3.38. The summed E-state index contributed by atoms with van der Waals surface area (Å²) in [5.41, 5.74) is 2.03. The zero-order valence-corrected chi connectivity index (χ0v) is 10.8. The molecular weight excluding hydrogens is 214 g/mol. The lowest BCUT2D eigenvalue weighted by Crippen LogP contribution is -2.23. The summed E-state index contributed by atoms with van der Waals surface area (Å²) >= 11 is 0. The molecule has 17 heavy (non-hydrogen) atoms. The van der Waals surface area contributed by atoms with Gasteiger partial charge in [-0.2, -0.15) is 0 Å². The normalized spacial score (nSPS) is 11.4. The topological polar surface area (TPSA) is 39.1 Å². The Hall–Kier alpha value is -1.55. The number of hydrogen-bond acceptors (Lipinski definition) is 3. The van der Waals surface area contributed by atoms with Crippen molar-refractivity contribution in [1.29, 1.82) is 0 Å². The molecule has 0 unspecified atom stereocenters. The van der Waals surface area contributed by atoms with E-state index < -0.39 is 0 Å². The number of nitrogens with one attached hydrogen (secondary N) is 1. The Morgan fingerprint density at radius 3 is 2.82 bits per heavy atom. The highest BCUT2D eigenvalue weighted by molar-refractivity contribution is 5.82. The van der Waals surface area contributed by atoms with Crippen molar-refractivity contribution in [2.75, 3.05) is 7.11 Å². The predicted octanol–water partition coefficient (Wildman–Crippen LogP) is 2.08. The molecule has 0 amide bonds. The lowest BCUT2D eigenvalue weighted by molar-refractivity contribution is 0.419. The van der Waals surface area contributed by atoms with Crippen LogP contribution in [0.2, 0.25) is 0 Å². The van der Waals surface area contributed by atoms with Crippen LogP contribution in [-0.2, 0) is 13.6 Å². The summed E-state index contributed by atoms with van der Waals surface area (Å²) in [5.74, 6) is 1.85. The van der Waals surface area contributed by atoms with Gasteiger partial charge >= 0.3 is 0 Å². The van der Waals surface area contributed by atoms with Crippen molar-refractivity contribution in [3.63, 3.8) is 0 Å². The first-order valence-corrected chi connectivity index (χ1v) is 5.85. The number of fused-ring (bicyclic) bond motifs is 1. The van der Waals surface area contributed by atoms with E-state index in [0.29, 0.717) is 6.04 Å². The predicted molar refractivity (Wildman–Crippen MR) is 69.2 cm³/mol. The largest absolute Gasteiger partial charge is 0.494 e. The Bertz CT molecular complexity index is 517. The van der Waals surface area contributed by atoms with E-state index in [9.17, 15) is 0 Å². The maximum atomic E-state index is 5.33. The average Bonchev–Trinajstić information content (AvgIpc) is 2.64. The van der Waals surface area contributed by atoms with Crippen molar-refractivity contribution in [3.8, 4) is 5.75 Å². The van der Waals surface area contributed by atoms with Crippen LogP contribution in [-0.4, -0.2) is 22.7 Å². The van der Waals surface area contributed by atoms with Crippen LogP contribution in [0.25, 0.3) is 11.0 Å². The SMILES string of the molecule is COc1cccc2c1nc(CNC(C)C)n2C. The highest BCUT2D eigenvalue weighted by atomic mass is 16.5. The molecule has 0 fully saturated rings. The molecule has 0 saturated heterocycles. The van der Waals surface area contributed by atoms with Crippen LogP contribution >= 0.6 is 0 Å². The lowest BCUT2D eigenvalue weighted by Gasteiger charge is -2.07. The Morgan fingerprint density at radius 2 is 2.18 bits per heavy atom. The van der Waals surface area contributed by atoms with Gasteiger partial charge in [-0.15, -0.1) is 0 Å². The molecule has 1 aromatic carbocycles. The molecule has 1 aromatic heterocycles. The fourth-order valence-corrected chi connectivity index (χ4v) is 1.86. The third kappa shape index (κ3) is 2.26. The summed E-state index contributed by atoms with van der Waals surface area (Å²) in [4.78, 5) is 4.63. The number of aryl methyl sites for hydroxylation is 1. The maximum absolute atomic E-state index is 5.33. The standard InChI is InChI=1S/C13H19N3O/c1-9(2)14-8-12-15-13-10(16(12)3)6-5-7-11(13)17-4/h5-7,9,14H,8H2,1-4H3. The molecule has 2 aromatic rings. The minimum atomic E-state index is 0.455. The van der Waals surface area contributed by atoms with Gasteiger partial charge in [-0.1, -0.05) is 19.9 Å². The van der Waals surface area contributed by atoms with Crippen LogP contribution in [0, 0.1) is 0 Å². The molecular formula is C13H19N3O. The third-order valence-electron chi connectivity index (χ3n) is 2.86. The van der Waals surface area contributed by atoms with Gasteiger partial charge in [0.25, 0.3) is 0 Å². The first kappa shape index (κ1) is 11.9. The van der Waals surface area contributed by atoms with E-state index in [1.54, 1.807) is 7.11 Å². The number of rotatable bonds is 4. The highest BCUT2D eigenvalue weighted by Crippen LogP contribution is 2.24. The molecule has 0 aliphatic rings. The van der Waals surface area contributed by atoms with E-state index in [-0.39, 0.29) is 0 Å². The number of nitrogens with zero attached hydrogens (tertiary/aromatic N) is 2. The molecule has 0 bridgehead atoms. The van der Waals surface area contributed by atoms with Gasteiger partial charge in [-0.05, 0) is 12.1 Å². The second kappa shape index (κ2) is 4.75. The Kier molecular flexibility index (Phi) is 3.33. The molecule has 1 heterocycles. The Morgan fingerprint density at radius 1 is 1.41 bits per heavy atom. The van der Waals surface area contributed by atoms with E-state index in [0.717, 1.165) is 29.2 Å². The van der Waals surface area contributed by atoms with E-state index >= 15 is 0 Å². The van der Waals surface area contributed by atoms with Crippen LogP contribution in [0.5, 0.6) is 5.75 Å². The highest BCUT2D eigenvalue weighted by Gasteiger charge is 2.11.